The smallest absolute Gasteiger partial charge is 0.200 e. The maximum Gasteiger partial charge on any atom is 0.200 e. The second kappa shape index (κ2) is 2.91. The Bertz CT molecular complexity index is 273. The van der Waals surface area contributed by atoms with Gasteiger partial charge in [-0.2, -0.15) is 0 Å². The summed E-state index contributed by atoms with van der Waals surface area (Å²) in [6, 6.07) is 2.35. The minimum Gasteiger partial charge on any atom is -0.504 e. The zero-order valence-corrected chi connectivity index (χ0v) is 6.65. The highest BCUT2D eigenvalue weighted by Gasteiger charge is 2.09. The molecule has 0 radical (unpaired) electrons. The lowest BCUT2D eigenvalue weighted by molar-refractivity contribution is 0.366. The Balaban J connectivity index is 3.21. The van der Waals surface area contributed by atoms with Crippen LogP contribution in [0.4, 0.5) is 0 Å². The van der Waals surface area contributed by atoms with Gasteiger partial charge in [-0.05, 0) is 24.6 Å². The third-order valence-electron chi connectivity index (χ3n) is 1.62. The van der Waals surface area contributed by atoms with E-state index in [4.69, 9.17) is 21.1 Å². The van der Waals surface area contributed by atoms with Crippen LogP contribution in [0, 0.1) is 0 Å². The number of phenols is 3. The molecule has 5 N–H and O–H groups in total. The Morgan fingerprint density at radius 2 is 1.58 bits per heavy atom. The van der Waals surface area contributed by atoms with E-state index in [0.29, 0.717) is 5.56 Å². The van der Waals surface area contributed by atoms with Crippen LogP contribution in [-0.4, -0.2) is 15.3 Å². The van der Waals surface area contributed by atoms with E-state index < -0.39 is 5.75 Å². The molecule has 1 atom stereocenters. The van der Waals surface area contributed by atoms with Gasteiger partial charge < -0.3 is 21.1 Å². The lowest BCUT2D eigenvalue weighted by Gasteiger charge is -2.08. The molecule has 1 aromatic carbocycles. The zero-order chi connectivity index (χ0) is 9.30. The first-order valence-electron chi connectivity index (χ1n) is 3.52. The number of hydrogen-bond donors (Lipinski definition) is 4. The molecular weight excluding hydrogens is 158 g/mol. The number of phenolic OH excluding ortho intramolecular Hbond substituents is 3. The van der Waals surface area contributed by atoms with E-state index in [1.54, 1.807) is 6.92 Å². The SMILES string of the molecule is C[C@@H](N)c1cc(O)c(O)c(O)c1. The van der Waals surface area contributed by atoms with Gasteiger partial charge in [0.1, 0.15) is 0 Å². The highest BCUT2D eigenvalue weighted by molar-refractivity contribution is 5.51. The maximum absolute atomic E-state index is 9.06. The molecule has 0 heterocycles. The Morgan fingerprint density at radius 3 is 1.92 bits per heavy atom. The van der Waals surface area contributed by atoms with Crippen LogP contribution in [0.5, 0.6) is 17.2 Å². The van der Waals surface area contributed by atoms with E-state index in [9.17, 15) is 0 Å². The summed E-state index contributed by atoms with van der Waals surface area (Å²) in [6.45, 7) is 1.71. The van der Waals surface area contributed by atoms with Crippen molar-refractivity contribution in [2.24, 2.45) is 5.73 Å². The molecule has 66 valence electrons. The van der Waals surface area contributed by atoms with Crippen molar-refractivity contribution >= 4 is 0 Å². The summed E-state index contributed by atoms with van der Waals surface area (Å²) >= 11 is 0. The molecule has 0 aliphatic rings. The average molecular weight is 169 g/mol. The molecule has 0 bridgehead atoms. The number of hydrogen-bond acceptors (Lipinski definition) is 4. The summed E-state index contributed by atoms with van der Waals surface area (Å²) in [6.07, 6.45) is 0. The molecule has 0 aromatic heterocycles. The molecule has 12 heavy (non-hydrogen) atoms. The van der Waals surface area contributed by atoms with Crippen molar-refractivity contribution < 1.29 is 15.3 Å². The fourth-order valence-electron chi connectivity index (χ4n) is 0.888. The lowest BCUT2D eigenvalue weighted by atomic mass is 10.1. The van der Waals surface area contributed by atoms with Gasteiger partial charge in [0, 0.05) is 6.04 Å². The van der Waals surface area contributed by atoms with Crippen molar-refractivity contribution in [1.29, 1.82) is 0 Å². The van der Waals surface area contributed by atoms with Crippen molar-refractivity contribution in [1.82, 2.24) is 0 Å². The standard InChI is InChI=1S/C8H11NO3/c1-4(9)5-2-6(10)8(12)7(11)3-5/h2-4,10-12H,9H2,1H3/t4-/m1/s1. The minimum atomic E-state index is -0.514. The van der Waals surface area contributed by atoms with Crippen LogP contribution in [0.15, 0.2) is 12.1 Å². The molecule has 1 aromatic rings. The Labute approximate surface area is 69.9 Å². The highest BCUT2D eigenvalue weighted by atomic mass is 16.3. The highest BCUT2D eigenvalue weighted by Crippen LogP contribution is 2.36. The summed E-state index contributed by atoms with van der Waals surface area (Å²) < 4.78 is 0. The molecule has 0 saturated carbocycles. The zero-order valence-electron chi connectivity index (χ0n) is 6.65. The molecule has 4 nitrogen and oxygen atoms in total. The van der Waals surface area contributed by atoms with E-state index in [1.165, 1.54) is 12.1 Å². The Kier molecular flexibility index (Phi) is 2.10. The van der Waals surface area contributed by atoms with E-state index in [1.807, 2.05) is 0 Å². The van der Waals surface area contributed by atoms with E-state index in [0.717, 1.165) is 0 Å². The summed E-state index contributed by atoms with van der Waals surface area (Å²) in [7, 11) is 0. The molecule has 0 unspecified atom stereocenters. The largest absolute Gasteiger partial charge is 0.504 e. The topological polar surface area (TPSA) is 86.7 Å². The predicted octanol–water partition coefficient (Wildman–Crippen LogP) is 0.823. The number of benzene rings is 1. The predicted molar refractivity (Wildman–Crippen MR) is 44.0 cm³/mol. The Morgan fingerprint density at radius 1 is 1.17 bits per heavy atom. The fourth-order valence-corrected chi connectivity index (χ4v) is 0.888. The average Bonchev–Trinajstić information content (AvgIpc) is 1.99. The van der Waals surface area contributed by atoms with Crippen LogP contribution in [0.2, 0.25) is 0 Å². The van der Waals surface area contributed by atoms with E-state index >= 15 is 0 Å². The van der Waals surface area contributed by atoms with Crippen molar-refractivity contribution in [2.75, 3.05) is 0 Å². The molecular formula is C8H11NO3. The minimum absolute atomic E-state index is 0.289. The normalized spacial score (nSPS) is 12.8. The molecule has 0 saturated heterocycles. The molecule has 1 rings (SSSR count). The van der Waals surface area contributed by atoms with Gasteiger partial charge in [-0.1, -0.05) is 0 Å². The molecule has 0 aliphatic carbocycles. The summed E-state index contributed by atoms with van der Waals surface area (Å²) in [5.74, 6) is -1.23. The third kappa shape index (κ3) is 1.43. The second-order valence-electron chi connectivity index (χ2n) is 2.70. The van der Waals surface area contributed by atoms with Crippen LogP contribution in [0.25, 0.3) is 0 Å². The van der Waals surface area contributed by atoms with Crippen LogP contribution in [-0.2, 0) is 0 Å². The van der Waals surface area contributed by atoms with Crippen molar-refractivity contribution in [2.45, 2.75) is 13.0 Å². The number of nitrogens with two attached hydrogens (primary N) is 1. The first-order valence-corrected chi connectivity index (χ1v) is 3.52. The van der Waals surface area contributed by atoms with Crippen LogP contribution < -0.4 is 5.73 Å². The monoisotopic (exact) mass is 169 g/mol. The summed E-state index contributed by atoms with van der Waals surface area (Å²) in [4.78, 5) is 0. The third-order valence-corrected chi connectivity index (χ3v) is 1.62. The molecule has 0 aliphatic heterocycles. The lowest BCUT2D eigenvalue weighted by Crippen LogP contribution is -2.04. The quantitative estimate of drug-likeness (QED) is 0.469. The van der Waals surface area contributed by atoms with Crippen LogP contribution >= 0.6 is 0 Å². The molecule has 0 spiro atoms. The summed E-state index contributed by atoms with van der Waals surface area (Å²) in [5, 5.41) is 27.1. The van der Waals surface area contributed by atoms with Gasteiger partial charge in [0.2, 0.25) is 0 Å². The maximum atomic E-state index is 9.06. The summed E-state index contributed by atoms with van der Waals surface area (Å²) in [5.41, 5.74) is 6.07. The van der Waals surface area contributed by atoms with Gasteiger partial charge in [-0.3, -0.25) is 0 Å². The van der Waals surface area contributed by atoms with E-state index in [2.05, 4.69) is 0 Å². The van der Waals surface area contributed by atoms with Gasteiger partial charge in [0.05, 0.1) is 0 Å². The fraction of sp³-hybridized carbons (Fsp3) is 0.250. The van der Waals surface area contributed by atoms with Gasteiger partial charge in [-0.15, -0.1) is 0 Å². The van der Waals surface area contributed by atoms with E-state index in [-0.39, 0.29) is 17.5 Å². The molecule has 0 fully saturated rings. The van der Waals surface area contributed by atoms with Gasteiger partial charge in [0.25, 0.3) is 0 Å². The molecule has 0 amide bonds. The molecule has 4 heteroatoms. The second-order valence-corrected chi connectivity index (χ2v) is 2.70. The number of rotatable bonds is 1. The van der Waals surface area contributed by atoms with Gasteiger partial charge >= 0.3 is 0 Å². The van der Waals surface area contributed by atoms with Crippen LogP contribution in [0.3, 0.4) is 0 Å². The van der Waals surface area contributed by atoms with Gasteiger partial charge in [-0.25, -0.2) is 0 Å². The van der Waals surface area contributed by atoms with Gasteiger partial charge in [0.15, 0.2) is 17.2 Å². The number of aromatic hydroxyl groups is 3. The van der Waals surface area contributed by atoms with Crippen molar-refractivity contribution in [3.05, 3.63) is 17.7 Å². The Hall–Kier alpha value is -1.42. The van der Waals surface area contributed by atoms with Crippen LogP contribution in [0.1, 0.15) is 18.5 Å². The first kappa shape index (κ1) is 8.67. The van der Waals surface area contributed by atoms with Crippen molar-refractivity contribution in [3.8, 4) is 17.2 Å². The first-order chi connectivity index (χ1) is 5.52. The van der Waals surface area contributed by atoms with Crippen molar-refractivity contribution in [3.63, 3.8) is 0 Å².